The summed E-state index contributed by atoms with van der Waals surface area (Å²) in [6.07, 6.45) is 5.35. The number of methoxy groups -OCH3 is 2. The molecule has 5 nitrogen and oxygen atoms in total. The van der Waals surface area contributed by atoms with Crippen molar-refractivity contribution in [3.8, 4) is 23.7 Å². The van der Waals surface area contributed by atoms with Crippen molar-refractivity contribution in [1.82, 2.24) is 9.97 Å². The van der Waals surface area contributed by atoms with E-state index >= 15 is 0 Å². The normalized spacial score (nSPS) is 14.0. The smallest absolute Gasteiger partial charge is 0.319 e. The molecule has 1 saturated carbocycles. The SMILES string of the molecule is COc1ncc(C#Cc2ccc(CC(C)CC(=O)C3CC3)cc2)c(OC)n1. The summed E-state index contributed by atoms with van der Waals surface area (Å²) in [5, 5.41) is 0. The summed E-state index contributed by atoms with van der Waals surface area (Å²) in [7, 11) is 3.04. The Morgan fingerprint density at radius 3 is 2.56 bits per heavy atom. The van der Waals surface area contributed by atoms with Crippen LogP contribution in [0.2, 0.25) is 0 Å². The standard InChI is InChI=1S/C22H24N2O3/c1-15(13-20(25)18-10-11-18)12-17-6-4-16(5-7-17)8-9-19-14-23-22(27-3)24-21(19)26-2/h4-7,14-15,18H,10-13H2,1-3H3. The van der Waals surface area contributed by atoms with E-state index in [0.717, 1.165) is 24.8 Å². The summed E-state index contributed by atoms with van der Waals surface area (Å²) >= 11 is 0. The molecule has 0 aliphatic heterocycles. The zero-order chi connectivity index (χ0) is 19.2. The van der Waals surface area contributed by atoms with Crippen molar-refractivity contribution in [1.29, 1.82) is 0 Å². The third-order valence-corrected chi connectivity index (χ3v) is 4.57. The van der Waals surface area contributed by atoms with Gasteiger partial charge in [0.15, 0.2) is 0 Å². The van der Waals surface area contributed by atoms with Crippen molar-refractivity contribution in [2.24, 2.45) is 11.8 Å². The lowest BCUT2D eigenvalue weighted by Crippen LogP contribution is -2.09. The first-order chi connectivity index (χ1) is 13.1. The van der Waals surface area contributed by atoms with Gasteiger partial charge in [-0.2, -0.15) is 4.98 Å². The number of benzene rings is 1. The fourth-order valence-electron chi connectivity index (χ4n) is 2.94. The van der Waals surface area contributed by atoms with E-state index in [0.29, 0.717) is 35.5 Å². The topological polar surface area (TPSA) is 61.3 Å². The lowest BCUT2D eigenvalue weighted by molar-refractivity contribution is -0.121. The molecule has 27 heavy (non-hydrogen) atoms. The highest BCUT2D eigenvalue weighted by atomic mass is 16.5. The second kappa shape index (κ2) is 8.68. The molecule has 1 atom stereocenters. The van der Waals surface area contributed by atoms with E-state index in [9.17, 15) is 4.79 Å². The van der Waals surface area contributed by atoms with E-state index in [-0.39, 0.29) is 6.01 Å². The summed E-state index contributed by atoms with van der Waals surface area (Å²) in [6.45, 7) is 2.14. The van der Waals surface area contributed by atoms with Crippen LogP contribution >= 0.6 is 0 Å². The first kappa shape index (κ1) is 18.9. The predicted octanol–water partition coefficient (Wildman–Crippen LogP) is 3.44. The number of ether oxygens (including phenoxy) is 2. The minimum atomic E-state index is 0.246. The molecule has 0 saturated heterocycles. The Kier molecular flexibility index (Phi) is 6.08. The molecule has 1 fully saturated rings. The maximum atomic E-state index is 11.9. The molecule has 0 N–H and O–H groups in total. The summed E-state index contributed by atoms with van der Waals surface area (Å²) in [5.41, 5.74) is 2.73. The lowest BCUT2D eigenvalue weighted by Gasteiger charge is -2.10. The van der Waals surface area contributed by atoms with Crippen molar-refractivity contribution >= 4 is 5.78 Å². The van der Waals surface area contributed by atoms with Gasteiger partial charge in [0.1, 0.15) is 11.3 Å². The number of nitrogens with zero attached hydrogens (tertiary/aromatic N) is 2. The fraction of sp³-hybridized carbons (Fsp3) is 0.409. The average molecular weight is 364 g/mol. The van der Waals surface area contributed by atoms with Gasteiger partial charge in [-0.3, -0.25) is 4.79 Å². The van der Waals surface area contributed by atoms with Crippen LogP contribution in [0.25, 0.3) is 0 Å². The van der Waals surface area contributed by atoms with Gasteiger partial charge in [0.25, 0.3) is 0 Å². The van der Waals surface area contributed by atoms with Crippen LogP contribution in [-0.4, -0.2) is 30.0 Å². The van der Waals surface area contributed by atoms with E-state index in [1.807, 2.05) is 12.1 Å². The molecule has 1 aliphatic carbocycles. The molecule has 1 heterocycles. The van der Waals surface area contributed by atoms with Crippen molar-refractivity contribution in [2.45, 2.75) is 32.6 Å². The molecule has 1 aromatic heterocycles. The molecule has 1 unspecified atom stereocenters. The second-order valence-corrected chi connectivity index (χ2v) is 6.98. The number of rotatable bonds is 7. The summed E-state index contributed by atoms with van der Waals surface area (Å²) in [5.74, 6) is 7.68. The highest BCUT2D eigenvalue weighted by Gasteiger charge is 2.29. The first-order valence-corrected chi connectivity index (χ1v) is 9.17. The third-order valence-electron chi connectivity index (χ3n) is 4.57. The van der Waals surface area contributed by atoms with Crippen molar-refractivity contribution in [3.05, 3.63) is 47.2 Å². The Hall–Kier alpha value is -2.87. The average Bonchev–Trinajstić information content (AvgIpc) is 3.52. The van der Waals surface area contributed by atoms with Crippen LogP contribution < -0.4 is 9.47 Å². The number of ketones is 1. The predicted molar refractivity (Wildman–Crippen MR) is 103 cm³/mol. The zero-order valence-electron chi connectivity index (χ0n) is 16.0. The summed E-state index contributed by atoms with van der Waals surface area (Å²) in [6, 6.07) is 8.38. The first-order valence-electron chi connectivity index (χ1n) is 9.17. The van der Waals surface area contributed by atoms with Gasteiger partial charge in [-0.1, -0.05) is 30.9 Å². The Balaban J connectivity index is 1.62. The molecule has 0 amide bonds. The van der Waals surface area contributed by atoms with Crippen LogP contribution in [0, 0.1) is 23.7 Å². The Bertz CT molecular complexity index is 861. The third kappa shape index (κ3) is 5.30. The van der Waals surface area contributed by atoms with Crippen LogP contribution in [0.3, 0.4) is 0 Å². The van der Waals surface area contributed by atoms with Gasteiger partial charge in [-0.05, 0) is 42.9 Å². The molecule has 5 heteroatoms. The van der Waals surface area contributed by atoms with Gasteiger partial charge >= 0.3 is 6.01 Å². The van der Waals surface area contributed by atoms with Gasteiger partial charge in [-0.15, -0.1) is 0 Å². The summed E-state index contributed by atoms with van der Waals surface area (Å²) < 4.78 is 10.2. The molecule has 0 radical (unpaired) electrons. The molecule has 0 spiro atoms. The molecule has 140 valence electrons. The van der Waals surface area contributed by atoms with Crippen LogP contribution in [0.5, 0.6) is 11.9 Å². The maximum Gasteiger partial charge on any atom is 0.319 e. The summed E-state index contributed by atoms with van der Waals surface area (Å²) in [4.78, 5) is 20.1. The number of hydrogen-bond acceptors (Lipinski definition) is 5. The molecular weight excluding hydrogens is 340 g/mol. The molecule has 0 bridgehead atoms. The van der Waals surface area contributed by atoms with Crippen LogP contribution in [0.4, 0.5) is 0 Å². The van der Waals surface area contributed by atoms with E-state index in [2.05, 4.69) is 40.9 Å². The quantitative estimate of drug-likeness (QED) is 0.704. The monoisotopic (exact) mass is 364 g/mol. The number of carbonyl (C=O) groups excluding carboxylic acids is 1. The van der Waals surface area contributed by atoms with E-state index < -0.39 is 0 Å². The second-order valence-electron chi connectivity index (χ2n) is 6.98. The van der Waals surface area contributed by atoms with Crippen LogP contribution in [0.1, 0.15) is 42.9 Å². The largest absolute Gasteiger partial charge is 0.480 e. The van der Waals surface area contributed by atoms with Gasteiger partial charge < -0.3 is 9.47 Å². The molecule has 1 aromatic carbocycles. The van der Waals surface area contributed by atoms with Gasteiger partial charge in [-0.25, -0.2) is 4.98 Å². The number of carbonyl (C=O) groups is 1. The van der Waals surface area contributed by atoms with Crippen LogP contribution in [0.15, 0.2) is 30.5 Å². The van der Waals surface area contributed by atoms with Gasteiger partial charge in [0.05, 0.1) is 20.4 Å². The highest BCUT2D eigenvalue weighted by molar-refractivity contribution is 5.83. The Labute approximate surface area is 160 Å². The minimum absolute atomic E-state index is 0.246. The zero-order valence-corrected chi connectivity index (χ0v) is 16.0. The maximum absolute atomic E-state index is 11.9. The van der Waals surface area contributed by atoms with E-state index in [4.69, 9.17) is 9.47 Å². The van der Waals surface area contributed by atoms with Crippen LogP contribution in [-0.2, 0) is 11.2 Å². The van der Waals surface area contributed by atoms with Gasteiger partial charge in [0.2, 0.25) is 5.88 Å². The van der Waals surface area contributed by atoms with Crippen molar-refractivity contribution in [3.63, 3.8) is 0 Å². The fourth-order valence-corrected chi connectivity index (χ4v) is 2.94. The lowest BCUT2D eigenvalue weighted by atomic mass is 9.94. The van der Waals surface area contributed by atoms with E-state index in [1.54, 1.807) is 6.20 Å². The molecule has 1 aliphatic rings. The highest BCUT2D eigenvalue weighted by Crippen LogP contribution is 2.32. The number of hydrogen-bond donors (Lipinski definition) is 0. The van der Waals surface area contributed by atoms with Crippen molar-refractivity contribution in [2.75, 3.05) is 14.2 Å². The molecule has 3 rings (SSSR count). The number of Topliss-reactive ketones (excluding diaryl/α,β-unsaturated/α-hetero) is 1. The Morgan fingerprint density at radius 2 is 1.93 bits per heavy atom. The Morgan fingerprint density at radius 1 is 1.19 bits per heavy atom. The van der Waals surface area contributed by atoms with E-state index in [1.165, 1.54) is 19.8 Å². The molecule has 2 aromatic rings. The number of aromatic nitrogens is 2. The van der Waals surface area contributed by atoms with Crippen molar-refractivity contribution < 1.29 is 14.3 Å². The van der Waals surface area contributed by atoms with Gasteiger partial charge in [0, 0.05) is 17.9 Å². The minimum Gasteiger partial charge on any atom is -0.480 e. The molecular formula is C22H24N2O3.